The van der Waals surface area contributed by atoms with Gasteiger partial charge in [-0.25, -0.2) is 0 Å². The fourth-order valence-corrected chi connectivity index (χ4v) is 3.08. The summed E-state index contributed by atoms with van der Waals surface area (Å²) in [5.74, 6) is 1.86. The monoisotopic (exact) mass is 325 g/mol. The molecule has 2 aromatic rings. The van der Waals surface area contributed by atoms with Crippen molar-refractivity contribution >= 4 is 5.91 Å². The van der Waals surface area contributed by atoms with E-state index in [9.17, 15) is 4.79 Å². The normalized spacial score (nSPS) is 17.5. The lowest BCUT2D eigenvalue weighted by molar-refractivity contribution is 0.0668. The molecule has 0 unspecified atom stereocenters. The molecule has 2 heterocycles. The maximum atomic E-state index is 12.7. The number of hydrogen-bond acceptors (Lipinski definition) is 4. The van der Waals surface area contributed by atoms with Crippen molar-refractivity contribution in [2.45, 2.75) is 12.8 Å². The number of rotatable bonds is 5. The molecule has 1 aliphatic rings. The number of nitrogens with zero attached hydrogens (tertiary/aromatic N) is 2. The van der Waals surface area contributed by atoms with Gasteiger partial charge >= 0.3 is 0 Å². The summed E-state index contributed by atoms with van der Waals surface area (Å²) < 4.78 is 5.80. The molecular formula is C19H23N3O2. The molecular weight excluding hydrogens is 302 g/mol. The zero-order valence-corrected chi connectivity index (χ0v) is 13.9. The van der Waals surface area contributed by atoms with Crippen molar-refractivity contribution in [2.24, 2.45) is 5.92 Å². The Morgan fingerprint density at radius 1 is 1.29 bits per heavy atom. The van der Waals surface area contributed by atoms with Crippen molar-refractivity contribution in [2.75, 3.05) is 26.7 Å². The standard InChI is InChI=1S/C19H23N3O2/c1-20-13-15-6-5-11-22(14-15)19(23)18-12-17(9-10-21-18)24-16-7-3-2-4-8-16/h2-4,7-10,12,15,20H,5-6,11,13-14H2,1H3/t15-/m1/s1. The van der Waals surface area contributed by atoms with Crippen molar-refractivity contribution < 1.29 is 9.53 Å². The van der Waals surface area contributed by atoms with Crippen LogP contribution in [0, 0.1) is 5.92 Å². The molecule has 1 saturated heterocycles. The van der Waals surface area contributed by atoms with E-state index in [1.165, 1.54) is 0 Å². The van der Waals surface area contributed by atoms with Crippen LogP contribution in [0.4, 0.5) is 0 Å². The Morgan fingerprint density at radius 3 is 2.92 bits per heavy atom. The van der Waals surface area contributed by atoms with Crippen LogP contribution in [0.25, 0.3) is 0 Å². The molecule has 1 aliphatic heterocycles. The Kier molecular flexibility index (Phi) is 5.43. The summed E-state index contributed by atoms with van der Waals surface area (Å²) in [5.41, 5.74) is 0.438. The van der Waals surface area contributed by atoms with E-state index in [-0.39, 0.29) is 5.91 Å². The first-order valence-corrected chi connectivity index (χ1v) is 8.39. The second-order valence-electron chi connectivity index (χ2n) is 6.11. The number of benzene rings is 1. The summed E-state index contributed by atoms with van der Waals surface area (Å²) in [5, 5.41) is 3.20. The number of carbonyl (C=O) groups is 1. The molecule has 1 aromatic carbocycles. The molecule has 1 amide bonds. The molecule has 1 aromatic heterocycles. The Hall–Kier alpha value is -2.40. The highest BCUT2D eigenvalue weighted by Gasteiger charge is 2.25. The number of carbonyl (C=O) groups excluding carboxylic acids is 1. The van der Waals surface area contributed by atoms with Gasteiger partial charge in [0.15, 0.2) is 0 Å². The highest BCUT2D eigenvalue weighted by Crippen LogP contribution is 2.22. The van der Waals surface area contributed by atoms with E-state index in [1.54, 1.807) is 18.3 Å². The van der Waals surface area contributed by atoms with Crippen molar-refractivity contribution in [3.05, 3.63) is 54.4 Å². The number of amides is 1. The molecule has 0 spiro atoms. The number of piperidine rings is 1. The summed E-state index contributed by atoms with van der Waals surface area (Å²) in [6.07, 6.45) is 3.83. The number of aromatic nitrogens is 1. The van der Waals surface area contributed by atoms with E-state index in [1.807, 2.05) is 42.3 Å². The van der Waals surface area contributed by atoms with E-state index < -0.39 is 0 Å². The first-order chi connectivity index (χ1) is 11.8. The molecule has 0 saturated carbocycles. The summed E-state index contributed by atoms with van der Waals surface area (Å²) in [6, 6.07) is 13.0. The van der Waals surface area contributed by atoms with Crippen LogP contribution in [0.1, 0.15) is 23.3 Å². The lowest BCUT2D eigenvalue weighted by atomic mass is 9.98. The molecule has 126 valence electrons. The minimum Gasteiger partial charge on any atom is -0.457 e. The lowest BCUT2D eigenvalue weighted by Gasteiger charge is -2.32. The number of para-hydroxylation sites is 1. The quantitative estimate of drug-likeness (QED) is 0.918. The third-order valence-corrected chi connectivity index (χ3v) is 4.23. The first-order valence-electron chi connectivity index (χ1n) is 8.39. The molecule has 1 atom stereocenters. The van der Waals surface area contributed by atoms with E-state index in [0.717, 1.165) is 38.2 Å². The van der Waals surface area contributed by atoms with Crippen LogP contribution in [0.5, 0.6) is 11.5 Å². The maximum Gasteiger partial charge on any atom is 0.272 e. The highest BCUT2D eigenvalue weighted by molar-refractivity contribution is 5.92. The van der Waals surface area contributed by atoms with Gasteiger partial charge in [-0.1, -0.05) is 18.2 Å². The SMILES string of the molecule is CNC[C@H]1CCCN(C(=O)c2cc(Oc3ccccc3)ccn2)C1. The summed E-state index contributed by atoms with van der Waals surface area (Å²) >= 11 is 0. The number of nitrogens with one attached hydrogen (secondary N) is 1. The molecule has 0 aliphatic carbocycles. The van der Waals surface area contributed by atoms with Gasteiger partial charge in [0.1, 0.15) is 17.2 Å². The van der Waals surface area contributed by atoms with Gasteiger partial charge in [-0.15, -0.1) is 0 Å². The second kappa shape index (κ2) is 7.93. The Morgan fingerprint density at radius 2 is 2.12 bits per heavy atom. The topological polar surface area (TPSA) is 54.5 Å². The third-order valence-electron chi connectivity index (χ3n) is 4.23. The zero-order valence-electron chi connectivity index (χ0n) is 13.9. The van der Waals surface area contributed by atoms with Crippen LogP contribution in [-0.2, 0) is 0 Å². The van der Waals surface area contributed by atoms with Gasteiger partial charge < -0.3 is 15.0 Å². The summed E-state index contributed by atoms with van der Waals surface area (Å²) in [4.78, 5) is 18.9. The van der Waals surface area contributed by atoms with Crippen molar-refractivity contribution in [1.82, 2.24) is 15.2 Å². The van der Waals surface area contributed by atoms with Crippen molar-refractivity contribution in [3.8, 4) is 11.5 Å². The predicted molar refractivity (Wildman–Crippen MR) is 93.3 cm³/mol. The average Bonchev–Trinajstić information content (AvgIpc) is 2.63. The van der Waals surface area contributed by atoms with Crippen LogP contribution in [0.2, 0.25) is 0 Å². The maximum absolute atomic E-state index is 12.7. The van der Waals surface area contributed by atoms with Gasteiger partial charge in [0.05, 0.1) is 0 Å². The number of likely N-dealkylation sites (tertiary alicyclic amines) is 1. The Bertz CT molecular complexity index is 673. The first kappa shape index (κ1) is 16.5. The largest absolute Gasteiger partial charge is 0.457 e. The van der Waals surface area contributed by atoms with Crippen LogP contribution in [0.3, 0.4) is 0 Å². The third kappa shape index (κ3) is 4.11. The van der Waals surface area contributed by atoms with Gasteiger partial charge in [-0.3, -0.25) is 9.78 Å². The molecule has 5 nitrogen and oxygen atoms in total. The molecule has 24 heavy (non-hydrogen) atoms. The fourth-order valence-electron chi connectivity index (χ4n) is 3.08. The van der Waals surface area contributed by atoms with Gasteiger partial charge in [0.25, 0.3) is 5.91 Å². The number of ether oxygens (including phenoxy) is 1. The second-order valence-corrected chi connectivity index (χ2v) is 6.11. The van der Waals surface area contributed by atoms with E-state index in [0.29, 0.717) is 17.4 Å². The van der Waals surface area contributed by atoms with E-state index >= 15 is 0 Å². The molecule has 5 heteroatoms. The van der Waals surface area contributed by atoms with Crippen LogP contribution < -0.4 is 10.1 Å². The fraction of sp³-hybridized carbons (Fsp3) is 0.368. The average molecular weight is 325 g/mol. The number of pyridine rings is 1. The lowest BCUT2D eigenvalue weighted by Crippen LogP contribution is -2.42. The van der Waals surface area contributed by atoms with E-state index in [4.69, 9.17) is 4.74 Å². The highest BCUT2D eigenvalue weighted by atomic mass is 16.5. The van der Waals surface area contributed by atoms with Gasteiger partial charge in [-0.2, -0.15) is 0 Å². The van der Waals surface area contributed by atoms with Crippen LogP contribution in [-0.4, -0.2) is 42.5 Å². The molecule has 0 bridgehead atoms. The van der Waals surface area contributed by atoms with Crippen LogP contribution >= 0.6 is 0 Å². The Balaban J connectivity index is 1.70. The minimum absolute atomic E-state index is 0.0192. The van der Waals surface area contributed by atoms with Gasteiger partial charge in [-0.05, 0) is 50.6 Å². The van der Waals surface area contributed by atoms with Crippen LogP contribution in [0.15, 0.2) is 48.7 Å². The smallest absolute Gasteiger partial charge is 0.272 e. The molecule has 0 radical (unpaired) electrons. The van der Waals surface area contributed by atoms with E-state index in [2.05, 4.69) is 10.3 Å². The predicted octanol–water partition coefficient (Wildman–Crippen LogP) is 2.95. The number of hydrogen-bond donors (Lipinski definition) is 1. The molecule has 1 fully saturated rings. The Labute approximate surface area is 142 Å². The zero-order chi connectivity index (χ0) is 16.8. The molecule has 3 rings (SSSR count). The summed E-state index contributed by atoms with van der Waals surface area (Å²) in [7, 11) is 1.95. The summed E-state index contributed by atoms with van der Waals surface area (Å²) in [6.45, 7) is 2.52. The van der Waals surface area contributed by atoms with Crippen molar-refractivity contribution in [1.29, 1.82) is 0 Å². The van der Waals surface area contributed by atoms with Crippen molar-refractivity contribution in [3.63, 3.8) is 0 Å². The minimum atomic E-state index is -0.0192. The van der Waals surface area contributed by atoms with Gasteiger partial charge in [0, 0.05) is 25.4 Å². The molecule has 1 N–H and O–H groups in total. The van der Waals surface area contributed by atoms with Gasteiger partial charge in [0.2, 0.25) is 0 Å².